The number of halogens is 1. The molecular weight excluding hydrogens is 250 g/mol. The normalized spacial score (nSPS) is 12.2. The Morgan fingerprint density at radius 3 is 2.39 bits per heavy atom. The van der Waals surface area contributed by atoms with Gasteiger partial charge in [0, 0.05) is 11.8 Å². The Morgan fingerprint density at radius 1 is 1.17 bits per heavy atom. The van der Waals surface area contributed by atoms with Crippen molar-refractivity contribution in [3.8, 4) is 5.75 Å². The van der Waals surface area contributed by atoms with Crippen molar-refractivity contribution in [2.75, 3.05) is 6.61 Å². The van der Waals surface area contributed by atoms with Gasteiger partial charge in [0.15, 0.2) is 0 Å². The van der Waals surface area contributed by atoms with Crippen LogP contribution in [0.4, 0.5) is 0 Å². The van der Waals surface area contributed by atoms with Gasteiger partial charge >= 0.3 is 0 Å². The Hall–Kier alpha value is -1.58. The number of benzene rings is 1. The van der Waals surface area contributed by atoms with Gasteiger partial charge in [0.25, 0.3) is 0 Å². The predicted octanol–water partition coefficient (Wildman–Crippen LogP) is 3.22. The van der Waals surface area contributed by atoms with Crippen molar-refractivity contribution in [2.24, 2.45) is 0 Å². The van der Waals surface area contributed by atoms with Crippen LogP contribution in [0.3, 0.4) is 0 Å². The maximum atomic E-state index is 10.2. The fourth-order valence-corrected chi connectivity index (χ4v) is 1.77. The third-order valence-corrected chi connectivity index (χ3v) is 2.80. The van der Waals surface area contributed by atoms with E-state index in [1.54, 1.807) is 18.3 Å². The van der Waals surface area contributed by atoms with E-state index in [-0.39, 0.29) is 0 Å². The number of aliphatic hydroxyl groups is 1. The minimum absolute atomic E-state index is 0.414. The number of pyridine rings is 1. The van der Waals surface area contributed by atoms with E-state index in [0.717, 1.165) is 11.3 Å². The molecule has 0 saturated heterocycles. The molecule has 0 fully saturated rings. The highest BCUT2D eigenvalue weighted by molar-refractivity contribution is 6.29. The zero-order valence-corrected chi connectivity index (χ0v) is 10.8. The molecule has 2 rings (SSSR count). The van der Waals surface area contributed by atoms with Crippen LogP contribution in [0.15, 0.2) is 42.6 Å². The number of hydrogen-bond acceptors (Lipinski definition) is 3. The highest BCUT2D eigenvalue weighted by Crippen LogP contribution is 2.24. The lowest BCUT2D eigenvalue weighted by Crippen LogP contribution is -2.00. The molecule has 1 aromatic heterocycles. The lowest BCUT2D eigenvalue weighted by atomic mass is 10.0. The summed E-state index contributed by atoms with van der Waals surface area (Å²) in [5, 5.41) is 10.6. The van der Waals surface area contributed by atoms with Crippen LogP contribution in [-0.2, 0) is 0 Å². The summed E-state index contributed by atoms with van der Waals surface area (Å²) >= 11 is 5.71. The Bertz CT molecular complexity index is 496. The molecule has 0 saturated carbocycles. The van der Waals surface area contributed by atoms with E-state index in [1.807, 2.05) is 31.2 Å². The summed E-state index contributed by atoms with van der Waals surface area (Å²) in [6, 6.07) is 10.8. The van der Waals surface area contributed by atoms with Gasteiger partial charge in [-0.2, -0.15) is 0 Å². The highest BCUT2D eigenvalue weighted by atomic mass is 35.5. The molecule has 4 heteroatoms. The van der Waals surface area contributed by atoms with Crippen molar-refractivity contribution >= 4 is 11.6 Å². The number of hydrogen-bond donors (Lipinski definition) is 1. The molecule has 18 heavy (non-hydrogen) atoms. The zero-order valence-electron chi connectivity index (χ0n) is 10.0. The summed E-state index contributed by atoms with van der Waals surface area (Å²) in [5.74, 6) is 0.794. The quantitative estimate of drug-likeness (QED) is 0.862. The summed E-state index contributed by atoms with van der Waals surface area (Å²) in [7, 11) is 0. The van der Waals surface area contributed by atoms with E-state index in [9.17, 15) is 5.11 Å². The van der Waals surface area contributed by atoms with Gasteiger partial charge in [-0.05, 0) is 30.7 Å². The number of aromatic nitrogens is 1. The van der Waals surface area contributed by atoms with Crippen molar-refractivity contribution in [1.82, 2.24) is 4.98 Å². The summed E-state index contributed by atoms with van der Waals surface area (Å²) in [6.45, 7) is 2.56. The third-order valence-electron chi connectivity index (χ3n) is 2.57. The summed E-state index contributed by atoms with van der Waals surface area (Å²) in [4.78, 5) is 3.95. The maximum absolute atomic E-state index is 10.2. The van der Waals surface area contributed by atoms with Gasteiger partial charge in [-0.1, -0.05) is 29.8 Å². The second-order valence-corrected chi connectivity index (χ2v) is 4.21. The van der Waals surface area contributed by atoms with Gasteiger partial charge in [0.2, 0.25) is 0 Å². The number of aliphatic hydroxyl groups excluding tert-OH is 1. The molecule has 1 unspecified atom stereocenters. The molecule has 1 atom stereocenters. The lowest BCUT2D eigenvalue weighted by Gasteiger charge is -2.12. The Morgan fingerprint density at radius 2 is 1.83 bits per heavy atom. The molecule has 0 aliphatic heterocycles. The SMILES string of the molecule is CCOc1ccc(C(O)c2ccc(Cl)nc2)cc1. The first-order valence-electron chi connectivity index (χ1n) is 5.73. The number of rotatable bonds is 4. The largest absolute Gasteiger partial charge is 0.494 e. The fraction of sp³-hybridized carbons (Fsp3) is 0.214. The van der Waals surface area contributed by atoms with Crippen molar-refractivity contribution in [3.63, 3.8) is 0 Å². The molecule has 0 spiro atoms. The van der Waals surface area contributed by atoms with Crippen LogP contribution < -0.4 is 4.74 Å². The molecule has 0 aliphatic rings. The van der Waals surface area contributed by atoms with Gasteiger partial charge in [0.05, 0.1) is 6.61 Å². The van der Waals surface area contributed by atoms with E-state index in [0.29, 0.717) is 17.3 Å². The number of nitrogens with zero attached hydrogens (tertiary/aromatic N) is 1. The summed E-state index contributed by atoms with van der Waals surface area (Å²) in [5.41, 5.74) is 1.51. The molecule has 3 nitrogen and oxygen atoms in total. The molecule has 1 heterocycles. The van der Waals surface area contributed by atoms with Crippen LogP contribution in [0, 0.1) is 0 Å². The lowest BCUT2D eigenvalue weighted by molar-refractivity contribution is 0.219. The van der Waals surface area contributed by atoms with Crippen LogP contribution in [0.2, 0.25) is 5.15 Å². The van der Waals surface area contributed by atoms with Crippen LogP contribution in [-0.4, -0.2) is 16.7 Å². The molecule has 94 valence electrons. The van der Waals surface area contributed by atoms with Gasteiger partial charge in [-0.3, -0.25) is 0 Å². The summed E-state index contributed by atoms with van der Waals surface area (Å²) < 4.78 is 5.35. The Kier molecular flexibility index (Phi) is 4.18. The van der Waals surface area contributed by atoms with E-state index in [1.165, 1.54) is 0 Å². The van der Waals surface area contributed by atoms with Gasteiger partial charge in [-0.15, -0.1) is 0 Å². The van der Waals surface area contributed by atoms with E-state index < -0.39 is 6.10 Å². The van der Waals surface area contributed by atoms with Crippen molar-refractivity contribution in [2.45, 2.75) is 13.0 Å². The van der Waals surface area contributed by atoms with Crippen LogP contribution in [0.5, 0.6) is 5.75 Å². The zero-order chi connectivity index (χ0) is 13.0. The predicted molar refractivity (Wildman–Crippen MR) is 70.9 cm³/mol. The van der Waals surface area contributed by atoms with E-state index in [2.05, 4.69) is 4.98 Å². The van der Waals surface area contributed by atoms with Crippen molar-refractivity contribution < 1.29 is 9.84 Å². The molecule has 0 bridgehead atoms. The number of ether oxygens (including phenoxy) is 1. The molecule has 1 N–H and O–H groups in total. The van der Waals surface area contributed by atoms with Gasteiger partial charge in [-0.25, -0.2) is 4.98 Å². The molecule has 0 radical (unpaired) electrons. The highest BCUT2D eigenvalue weighted by Gasteiger charge is 2.10. The van der Waals surface area contributed by atoms with Crippen molar-refractivity contribution in [1.29, 1.82) is 0 Å². The van der Waals surface area contributed by atoms with Gasteiger partial charge in [0.1, 0.15) is 17.0 Å². The average Bonchev–Trinajstić information content (AvgIpc) is 2.40. The first kappa shape index (κ1) is 12.9. The molecular formula is C14H14ClNO2. The maximum Gasteiger partial charge on any atom is 0.129 e. The Balaban J connectivity index is 2.17. The third kappa shape index (κ3) is 3.00. The average molecular weight is 264 g/mol. The van der Waals surface area contributed by atoms with Crippen molar-refractivity contribution in [3.05, 3.63) is 58.9 Å². The van der Waals surface area contributed by atoms with Crippen LogP contribution in [0.1, 0.15) is 24.2 Å². The van der Waals surface area contributed by atoms with Crippen LogP contribution >= 0.6 is 11.6 Å². The second kappa shape index (κ2) is 5.85. The molecule has 1 aromatic carbocycles. The monoisotopic (exact) mass is 263 g/mol. The first-order valence-corrected chi connectivity index (χ1v) is 6.10. The molecule has 0 aliphatic carbocycles. The Labute approximate surface area is 111 Å². The fourth-order valence-electron chi connectivity index (χ4n) is 1.65. The summed E-state index contributed by atoms with van der Waals surface area (Å²) in [6.07, 6.45) is 0.870. The second-order valence-electron chi connectivity index (χ2n) is 3.82. The first-order chi connectivity index (χ1) is 8.70. The molecule has 0 amide bonds. The van der Waals surface area contributed by atoms with E-state index in [4.69, 9.17) is 16.3 Å². The minimum atomic E-state index is -0.703. The topological polar surface area (TPSA) is 42.4 Å². The smallest absolute Gasteiger partial charge is 0.129 e. The van der Waals surface area contributed by atoms with Gasteiger partial charge < -0.3 is 9.84 Å². The standard InChI is InChI=1S/C14H14ClNO2/c1-2-18-12-6-3-10(4-7-12)14(17)11-5-8-13(15)16-9-11/h3-9,14,17H,2H2,1H3. The van der Waals surface area contributed by atoms with E-state index >= 15 is 0 Å². The molecule has 2 aromatic rings. The van der Waals surface area contributed by atoms with Crippen LogP contribution in [0.25, 0.3) is 0 Å². The minimum Gasteiger partial charge on any atom is -0.494 e.